The lowest BCUT2D eigenvalue weighted by atomic mass is 10.1. The number of hydrogen-bond donors (Lipinski definition) is 2. The van der Waals surface area contributed by atoms with Crippen molar-refractivity contribution in [2.75, 3.05) is 39.8 Å². The van der Waals surface area contributed by atoms with E-state index in [0.717, 1.165) is 24.2 Å². The highest BCUT2D eigenvalue weighted by atomic mass is 35.5. The van der Waals surface area contributed by atoms with E-state index >= 15 is 0 Å². The monoisotopic (exact) mass is 633 g/mol. The van der Waals surface area contributed by atoms with Gasteiger partial charge in [-0.05, 0) is 43.2 Å². The molecule has 2 N–H and O–H groups in total. The SMILES string of the molecule is COc1c(-c2cccn(C)c2=O)cccc1S(=O)(=O)N[C@@H](CNC(=O)c1ccc(Cl)s1)C(=O)N1CCN(C2CC2)CC1. The minimum absolute atomic E-state index is 0.0326. The second kappa shape index (κ2) is 12.6. The van der Waals surface area contributed by atoms with Crippen molar-refractivity contribution in [3.05, 3.63) is 68.2 Å². The van der Waals surface area contributed by atoms with E-state index in [1.165, 1.54) is 23.8 Å². The van der Waals surface area contributed by atoms with E-state index < -0.39 is 27.9 Å². The Bertz CT molecular complexity index is 1640. The van der Waals surface area contributed by atoms with Gasteiger partial charge in [0.1, 0.15) is 16.7 Å². The standard InChI is InChI=1S/C28H32ClN5O6S2/c1-32-12-4-6-20(27(32)36)19-5-3-7-23(25(19)40-2)42(38,39)31-21(17-30-26(35)22-10-11-24(29)41-22)28(37)34-15-13-33(14-16-34)18-8-9-18/h3-7,10-12,18,21,31H,8-9,13-17H2,1-2H3,(H,30,35)/t21-/m0/s1. The van der Waals surface area contributed by atoms with Crippen molar-refractivity contribution < 1.29 is 22.7 Å². The number of carbonyl (C=O) groups is 2. The number of hydrogen-bond acceptors (Lipinski definition) is 8. The Kier molecular flexibility index (Phi) is 9.04. The third-order valence-electron chi connectivity index (χ3n) is 7.43. The van der Waals surface area contributed by atoms with Crippen LogP contribution in [0.25, 0.3) is 11.1 Å². The summed E-state index contributed by atoms with van der Waals surface area (Å²) in [4.78, 5) is 43.4. The zero-order chi connectivity index (χ0) is 30.0. The summed E-state index contributed by atoms with van der Waals surface area (Å²) >= 11 is 7.05. The molecular formula is C28H32ClN5O6S2. The van der Waals surface area contributed by atoms with Crippen molar-refractivity contribution in [1.82, 2.24) is 24.4 Å². The number of halogens is 1. The molecule has 2 fully saturated rings. The maximum atomic E-state index is 13.8. The number of para-hydroxylation sites is 1. The van der Waals surface area contributed by atoms with Gasteiger partial charge in [0, 0.05) is 57.6 Å². The van der Waals surface area contributed by atoms with Crippen molar-refractivity contribution in [2.24, 2.45) is 7.05 Å². The van der Waals surface area contributed by atoms with Crippen LogP contribution in [0.5, 0.6) is 5.75 Å². The number of aromatic nitrogens is 1. The van der Waals surface area contributed by atoms with Crippen LogP contribution >= 0.6 is 22.9 Å². The predicted molar refractivity (Wildman–Crippen MR) is 161 cm³/mol. The van der Waals surface area contributed by atoms with Gasteiger partial charge in [-0.3, -0.25) is 19.3 Å². The Labute approximate surface area is 253 Å². The molecule has 2 aliphatic rings. The second-order valence-electron chi connectivity index (χ2n) is 10.3. The molecule has 0 spiro atoms. The molecule has 1 atom stereocenters. The van der Waals surface area contributed by atoms with Gasteiger partial charge in [0.05, 0.1) is 21.9 Å². The molecule has 42 heavy (non-hydrogen) atoms. The Balaban J connectivity index is 1.42. The first-order valence-electron chi connectivity index (χ1n) is 13.5. The first kappa shape index (κ1) is 30.2. The van der Waals surface area contributed by atoms with Gasteiger partial charge in [0.25, 0.3) is 11.5 Å². The fraction of sp³-hybridized carbons (Fsp3) is 0.393. The van der Waals surface area contributed by atoms with Crippen LogP contribution in [0.2, 0.25) is 4.34 Å². The smallest absolute Gasteiger partial charge is 0.261 e. The van der Waals surface area contributed by atoms with Gasteiger partial charge < -0.3 is 19.5 Å². The van der Waals surface area contributed by atoms with Gasteiger partial charge in [-0.25, -0.2) is 8.42 Å². The van der Waals surface area contributed by atoms with Crippen LogP contribution in [-0.2, 0) is 21.9 Å². The van der Waals surface area contributed by atoms with Gasteiger partial charge in [0.15, 0.2) is 0 Å². The van der Waals surface area contributed by atoms with Crippen molar-refractivity contribution in [3.63, 3.8) is 0 Å². The lowest BCUT2D eigenvalue weighted by Gasteiger charge is -2.36. The maximum absolute atomic E-state index is 13.8. The van der Waals surface area contributed by atoms with Crippen LogP contribution in [0.4, 0.5) is 0 Å². The highest BCUT2D eigenvalue weighted by Gasteiger charge is 2.36. The number of aryl methyl sites for hydroxylation is 1. The summed E-state index contributed by atoms with van der Waals surface area (Å²) in [7, 11) is -1.46. The van der Waals surface area contributed by atoms with Gasteiger partial charge >= 0.3 is 0 Å². The van der Waals surface area contributed by atoms with E-state index in [-0.39, 0.29) is 28.3 Å². The summed E-state index contributed by atoms with van der Waals surface area (Å²) in [6.45, 7) is 2.04. The fourth-order valence-electron chi connectivity index (χ4n) is 5.07. The molecule has 0 unspecified atom stereocenters. The first-order chi connectivity index (χ1) is 20.1. The molecule has 3 aromatic rings. The van der Waals surface area contributed by atoms with Crippen LogP contribution in [0.1, 0.15) is 22.5 Å². The number of benzene rings is 1. The summed E-state index contributed by atoms with van der Waals surface area (Å²) in [6, 6.07) is 10.1. The quantitative estimate of drug-likeness (QED) is 0.350. The summed E-state index contributed by atoms with van der Waals surface area (Å²) in [5.41, 5.74) is 0.230. The Morgan fingerprint density at radius 3 is 2.43 bits per heavy atom. The van der Waals surface area contributed by atoms with E-state index in [0.29, 0.717) is 47.0 Å². The van der Waals surface area contributed by atoms with Crippen LogP contribution in [0.3, 0.4) is 0 Å². The molecule has 5 rings (SSSR count). The summed E-state index contributed by atoms with van der Waals surface area (Å²) in [6.07, 6.45) is 3.91. The Morgan fingerprint density at radius 2 is 1.79 bits per heavy atom. The summed E-state index contributed by atoms with van der Waals surface area (Å²) < 4.78 is 37.5. The van der Waals surface area contributed by atoms with Crippen molar-refractivity contribution >= 4 is 44.8 Å². The zero-order valence-electron chi connectivity index (χ0n) is 23.2. The van der Waals surface area contributed by atoms with Crippen LogP contribution in [0, 0.1) is 0 Å². The summed E-state index contributed by atoms with van der Waals surface area (Å²) in [5.74, 6) is -0.942. The molecule has 11 nitrogen and oxygen atoms in total. The third kappa shape index (κ3) is 6.55. The molecule has 1 aliphatic carbocycles. The highest BCUT2D eigenvalue weighted by molar-refractivity contribution is 7.89. The molecule has 0 bridgehead atoms. The first-order valence-corrected chi connectivity index (χ1v) is 16.2. The average molecular weight is 634 g/mol. The number of piperazine rings is 1. The molecule has 1 aliphatic heterocycles. The lowest BCUT2D eigenvalue weighted by Crippen LogP contribution is -2.58. The predicted octanol–water partition coefficient (Wildman–Crippen LogP) is 2.16. The second-order valence-corrected chi connectivity index (χ2v) is 13.7. The molecule has 0 radical (unpaired) electrons. The van der Waals surface area contributed by atoms with E-state index in [1.54, 1.807) is 48.5 Å². The maximum Gasteiger partial charge on any atom is 0.261 e. The number of ether oxygens (including phenoxy) is 1. The molecule has 3 heterocycles. The number of sulfonamides is 1. The zero-order valence-corrected chi connectivity index (χ0v) is 25.6. The number of nitrogens with one attached hydrogen (secondary N) is 2. The van der Waals surface area contributed by atoms with Crippen LogP contribution in [-0.4, -0.2) is 86.5 Å². The third-order valence-corrected chi connectivity index (χ3v) is 10.2. The Hall–Kier alpha value is -3.23. The van der Waals surface area contributed by atoms with Gasteiger partial charge in [0.2, 0.25) is 15.9 Å². The van der Waals surface area contributed by atoms with E-state index in [1.807, 2.05) is 0 Å². The molecule has 1 aromatic carbocycles. The topological polar surface area (TPSA) is 130 Å². The minimum atomic E-state index is -4.37. The molecule has 1 saturated heterocycles. The van der Waals surface area contributed by atoms with Crippen molar-refractivity contribution in [3.8, 4) is 16.9 Å². The average Bonchev–Trinajstić information content (AvgIpc) is 3.75. The van der Waals surface area contributed by atoms with Crippen LogP contribution < -0.4 is 20.3 Å². The van der Waals surface area contributed by atoms with E-state index in [9.17, 15) is 22.8 Å². The Morgan fingerprint density at radius 1 is 1.07 bits per heavy atom. The molecule has 14 heteroatoms. The number of thiophene rings is 1. The molecule has 224 valence electrons. The number of methoxy groups -OCH3 is 1. The number of rotatable bonds is 10. The van der Waals surface area contributed by atoms with Gasteiger partial charge in [-0.2, -0.15) is 4.72 Å². The van der Waals surface area contributed by atoms with Gasteiger partial charge in [-0.15, -0.1) is 11.3 Å². The molecule has 2 aromatic heterocycles. The number of carbonyl (C=O) groups excluding carboxylic acids is 2. The van der Waals surface area contributed by atoms with Crippen molar-refractivity contribution in [1.29, 1.82) is 0 Å². The molecule has 1 saturated carbocycles. The number of amides is 2. The minimum Gasteiger partial charge on any atom is -0.495 e. The number of pyridine rings is 1. The number of nitrogens with zero attached hydrogens (tertiary/aromatic N) is 3. The van der Waals surface area contributed by atoms with Gasteiger partial charge in [-0.1, -0.05) is 23.7 Å². The van der Waals surface area contributed by atoms with E-state index in [2.05, 4.69) is 14.9 Å². The molecular weight excluding hydrogens is 602 g/mol. The normalized spacial score (nSPS) is 16.7. The molecule has 2 amide bonds. The largest absolute Gasteiger partial charge is 0.495 e. The fourth-order valence-corrected chi connectivity index (χ4v) is 7.41. The van der Waals surface area contributed by atoms with Crippen LogP contribution in [0.15, 0.2) is 58.4 Å². The lowest BCUT2D eigenvalue weighted by molar-refractivity contribution is -0.134. The highest BCUT2D eigenvalue weighted by Crippen LogP contribution is 2.34. The van der Waals surface area contributed by atoms with Crippen molar-refractivity contribution in [2.45, 2.75) is 29.8 Å². The summed E-state index contributed by atoms with van der Waals surface area (Å²) in [5, 5.41) is 2.68. The van der Waals surface area contributed by atoms with E-state index in [4.69, 9.17) is 16.3 Å².